The largest absolute Gasteiger partial charge is 0.319 e. The van der Waals surface area contributed by atoms with E-state index in [1.807, 2.05) is 25.1 Å². The highest BCUT2D eigenvalue weighted by Gasteiger charge is 2.12. The Bertz CT molecular complexity index is 579. The number of hydrogen-bond donors (Lipinski definition) is 2. The average molecular weight is 309 g/mol. The molecule has 18 heavy (non-hydrogen) atoms. The van der Waals surface area contributed by atoms with E-state index in [1.165, 1.54) is 0 Å². The molecule has 0 bridgehead atoms. The van der Waals surface area contributed by atoms with Gasteiger partial charge in [0.15, 0.2) is 0 Å². The predicted molar refractivity (Wildman–Crippen MR) is 72.6 cm³/mol. The van der Waals surface area contributed by atoms with Gasteiger partial charge in [0.2, 0.25) is 5.82 Å². The Kier molecular flexibility index (Phi) is 3.76. The fourth-order valence-electron chi connectivity index (χ4n) is 1.60. The number of carbonyl (C=O) groups excluding carboxylic acids is 1. The molecular weight excluding hydrogens is 296 g/mol. The summed E-state index contributed by atoms with van der Waals surface area (Å²) in [5, 5.41) is 9.28. The van der Waals surface area contributed by atoms with Gasteiger partial charge in [-0.1, -0.05) is 22.9 Å². The molecule has 2 N–H and O–H groups in total. The van der Waals surface area contributed by atoms with E-state index in [1.54, 1.807) is 6.92 Å². The number of amides is 1. The summed E-state index contributed by atoms with van der Waals surface area (Å²) in [6.45, 7) is 3.79. The monoisotopic (exact) mass is 308 g/mol. The van der Waals surface area contributed by atoms with Gasteiger partial charge in [-0.2, -0.15) is 0 Å². The van der Waals surface area contributed by atoms with Crippen LogP contribution in [-0.2, 0) is 6.42 Å². The van der Waals surface area contributed by atoms with Crippen LogP contribution in [0.15, 0.2) is 22.7 Å². The molecule has 1 heterocycles. The Morgan fingerprint density at radius 2 is 2.28 bits per heavy atom. The summed E-state index contributed by atoms with van der Waals surface area (Å²) in [4.78, 5) is 15.9. The minimum Gasteiger partial charge on any atom is -0.319 e. The summed E-state index contributed by atoms with van der Waals surface area (Å²) in [6, 6.07) is 5.73. The molecule has 2 aromatic rings. The molecule has 94 valence electrons. The van der Waals surface area contributed by atoms with Crippen LogP contribution in [-0.4, -0.2) is 21.1 Å². The van der Waals surface area contributed by atoms with Crippen molar-refractivity contribution in [2.24, 2.45) is 0 Å². The van der Waals surface area contributed by atoms with Crippen molar-refractivity contribution in [1.29, 1.82) is 0 Å². The SMILES string of the molecule is CCc1cc(Br)ccc1NC(=O)c1n[nH]c(C)n1. The second-order valence-electron chi connectivity index (χ2n) is 3.85. The van der Waals surface area contributed by atoms with Crippen molar-refractivity contribution < 1.29 is 4.79 Å². The number of benzene rings is 1. The molecule has 1 aromatic heterocycles. The van der Waals surface area contributed by atoms with E-state index in [4.69, 9.17) is 0 Å². The van der Waals surface area contributed by atoms with Crippen LogP contribution in [0.3, 0.4) is 0 Å². The molecule has 1 aromatic carbocycles. The second-order valence-corrected chi connectivity index (χ2v) is 4.77. The number of nitrogens with one attached hydrogen (secondary N) is 2. The number of H-pyrrole nitrogens is 1. The predicted octanol–water partition coefficient (Wildman–Crippen LogP) is 2.69. The van der Waals surface area contributed by atoms with Crippen LogP contribution in [0.2, 0.25) is 0 Å². The van der Waals surface area contributed by atoms with Gasteiger partial charge in [0.1, 0.15) is 5.82 Å². The van der Waals surface area contributed by atoms with Gasteiger partial charge in [0.05, 0.1) is 0 Å². The molecule has 0 spiro atoms. The first-order chi connectivity index (χ1) is 8.60. The Hall–Kier alpha value is -1.69. The average Bonchev–Trinajstić information content (AvgIpc) is 2.78. The van der Waals surface area contributed by atoms with Gasteiger partial charge in [-0.3, -0.25) is 9.89 Å². The van der Waals surface area contributed by atoms with Crippen molar-refractivity contribution in [3.63, 3.8) is 0 Å². The summed E-state index contributed by atoms with van der Waals surface area (Å²) >= 11 is 3.41. The number of aromatic amines is 1. The van der Waals surface area contributed by atoms with E-state index in [-0.39, 0.29) is 11.7 Å². The molecule has 0 unspecified atom stereocenters. The third-order valence-corrected chi connectivity index (χ3v) is 2.99. The van der Waals surface area contributed by atoms with Crippen molar-refractivity contribution in [1.82, 2.24) is 15.2 Å². The summed E-state index contributed by atoms with van der Waals surface area (Å²) in [5.74, 6) is 0.459. The quantitative estimate of drug-likeness (QED) is 0.916. The highest BCUT2D eigenvalue weighted by atomic mass is 79.9. The Balaban J connectivity index is 2.21. The molecule has 0 radical (unpaired) electrons. The lowest BCUT2D eigenvalue weighted by atomic mass is 10.1. The summed E-state index contributed by atoms with van der Waals surface area (Å²) in [7, 11) is 0. The van der Waals surface area contributed by atoms with Gasteiger partial charge in [-0.25, -0.2) is 4.98 Å². The molecule has 5 nitrogen and oxygen atoms in total. The zero-order valence-electron chi connectivity index (χ0n) is 10.1. The van der Waals surface area contributed by atoms with Crippen molar-refractivity contribution in [3.05, 3.63) is 39.9 Å². The van der Waals surface area contributed by atoms with Crippen LogP contribution in [0.25, 0.3) is 0 Å². The van der Waals surface area contributed by atoms with Gasteiger partial charge in [0, 0.05) is 10.2 Å². The number of aryl methyl sites for hydroxylation is 2. The lowest BCUT2D eigenvalue weighted by Crippen LogP contribution is -2.15. The molecule has 6 heteroatoms. The van der Waals surface area contributed by atoms with Gasteiger partial charge in [-0.15, -0.1) is 5.10 Å². The van der Waals surface area contributed by atoms with Crippen molar-refractivity contribution >= 4 is 27.5 Å². The maximum Gasteiger partial charge on any atom is 0.295 e. The Labute approximate surface area is 113 Å². The zero-order valence-corrected chi connectivity index (χ0v) is 11.7. The van der Waals surface area contributed by atoms with Crippen LogP contribution < -0.4 is 5.32 Å². The molecule has 0 saturated heterocycles. The lowest BCUT2D eigenvalue weighted by molar-refractivity contribution is 0.101. The zero-order chi connectivity index (χ0) is 13.1. The van der Waals surface area contributed by atoms with E-state index >= 15 is 0 Å². The molecule has 0 atom stereocenters. The number of rotatable bonds is 3. The first kappa shape index (κ1) is 12.8. The maximum absolute atomic E-state index is 11.9. The minimum atomic E-state index is -0.309. The second kappa shape index (κ2) is 5.30. The van der Waals surface area contributed by atoms with Crippen LogP contribution in [0.5, 0.6) is 0 Å². The molecular formula is C12H13BrN4O. The number of aromatic nitrogens is 3. The molecule has 0 saturated carbocycles. The van der Waals surface area contributed by atoms with E-state index < -0.39 is 0 Å². The number of nitrogens with zero attached hydrogens (tertiary/aromatic N) is 2. The molecule has 0 aliphatic rings. The molecule has 2 rings (SSSR count). The Morgan fingerprint density at radius 1 is 1.50 bits per heavy atom. The van der Waals surface area contributed by atoms with Gasteiger partial charge < -0.3 is 5.32 Å². The van der Waals surface area contributed by atoms with E-state index in [0.717, 1.165) is 22.1 Å². The van der Waals surface area contributed by atoms with E-state index in [2.05, 4.69) is 36.4 Å². The van der Waals surface area contributed by atoms with Gasteiger partial charge in [0.25, 0.3) is 5.91 Å². The lowest BCUT2D eigenvalue weighted by Gasteiger charge is -2.08. The fraction of sp³-hybridized carbons (Fsp3) is 0.250. The summed E-state index contributed by atoms with van der Waals surface area (Å²) in [5.41, 5.74) is 1.85. The van der Waals surface area contributed by atoms with Crippen LogP contribution in [0, 0.1) is 6.92 Å². The molecule has 1 amide bonds. The summed E-state index contributed by atoms with van der Waals surface area (Å²) in [6.07, 6.45) is 0.835. The highest BCUT2D eigenvalue weighted by molar-refractivity contribution is 9.10. The van der Waals surface area contributed by atoms with E-state index in [9.17, 15) is 4.79 Å². The number of anilines is 1. The van der Waals surface area contributed by atoms with E-state index in [0.29, 0.717) is 5.82 Å². The first-order valence-corrected chi connectivity index (χ1v) is 6.38. The van der Waals surface area contributed by atoms with Crippen LogP contribution >= 0.6 is 15.9 Å². The van der Waals surface area contributed by atoms with Crippen molar-refractivity contribution in [2.75, 3.05) is 5.32 Å². The van der Waals surface area contributed by atoms with Crippen LogP contribution in [0.1, 0.15) is 28.9 Å². The third-order valence-electron chi connectivity index (χ3n) is 2.50. The molecule has 0 fully saturated rings. The minimum absolute atomic E-state index is 0.150. The Morgan fingerprint density at radius 3 is 2.89 bits per heavy atom. The fourth-order valence-corrected chi connectivity index (χ4v) is 2.01. The van der Waals surface area contributed by atoms with Crippen molar-refractivity contribution in [2.45, 2.75) is 20.3 Å². The number of halogens is 1. The van der Waals surface area contributed by atoms with Gasteiger partial charge >= 0.3 is 0 Å². The van der Waals surface area contributed by atoms with Crippen LogP contribution in [0.4, 0.5) is 5.69 Å². The smallest absolute Gasteiger partial charge is 0.295 e. The third kappa shape index (κ3) is 2.76. The summed E-state index contributed by atoms with van der Waals surface area (Å²) < 4.78 is 0.992. The number of carbonyl (C=O) groups is 1. The maximum atomic E-state index is 11.9. The molecule has 0 aliphatic heterocycles. The standard InChI is InChI=1S/C12H13BrN4O/c1-3-8-6-9(13)4-5-10(8)15-12(18)11-14-7(2)16-17-11/h4-6H,3H2,1-2H3,(H,15,18)(H,14,16,17). The van der Waals surface area contributed by atoms with Gasteiger partial charge in [-0.05, 0) is 37.1 Å². The topological polar surface area (TPSA) is 70.7 Å². The highest BCUT2D eigenvalue weighted by Crippen LogP contribution is 2.21. The first-order valence-electron chi connectivity index (χ1n) is 5.59. The normalized spacial score (nSPS) is 10.4. The number of hydrogen-bond acceptors (Lipinski definition) is 3. The molecule has 0 aliphatic carbocycles. The van der Waals surface area contributed by atoms with Crippen molar-refractivity contribution in [3.8, 4) is 0 Å².